The predicted molar refractivity (Wildman–Crippen MR) is 125 cm³/mol. The van der Waals surface area contributed by atoms with Gasteiger partial charge in [0.2, 0.25) is 0 Å². The third kappa shape index (κ3) is 4.31. The molecule has 0 bridgehead atoms. The van der Waals surface area contributed by atoms with Gasteiger partial charge >= 0.3 is 0 Å². The third-order valence-electron chi connectivity index (χ3n) is 5.08. The number of aromatic nitrogens is 1. The Labute approximate surface area is 182 Å². The second-order valence-corrected chi connectivity index (χ2v) is 9.15. The van der Waals surface area contributed by atoms with Crippen LogP contribution in [0.5, 0.6) is 0 Å². The van der Waals surface area contributed by atoms with Gasteiger partial charge in [-0.15, -0.1) is 0 Å². The fourth-order valence-electron chi connectivity index (χ4n) is 3.44. The van der Waals surface area contributed by atoms with Gasteiger partial charge in [0, 0.05) is 42.8 Å². The van der Waals surface area contributed by atoms with Crippen LogP contribution in [-0.2, 0) is 0 Å². The van der Waals surface area contributed by atoms with Crippen LogP contribution >= 0.6 is 33.9 Å². The number of aryl methyl sites for hydroxylation is 1. The normalized spacial score (nSPS) is 15.1. The number of nitrogens with zero attached hydrogens (tertiary/aromatic N) is 3. The molecule has 0 spiro atoms. The summed E-state index contributed by atoms with van der Waals surface area (Å²) in [7, 11) is 0. The zero-order valence-electron chi connectivity index (χ0n) is 15.8. The van der Waals surface area contributed by atoms with Crippen molar-refractivity contribution < 1.29 is 4.79 Å². The molecule has 0 radical (unpaired) electrons. The Morgan fingerprint density at radius 2 is 1.93 bits per heavy atom. The van der Waals surface area contributed by atoms with E-state index in [4.69, 9.17) is 4.98 Å². The summed E-state index contributed by atoms with van der Waals surface area (Å²) in [4.78, 5) is 22.0. The van der Waals surface area contributed by atoms with Crippen LogP contribution in [0.15, 0.2) is 42.5 Å². The van der Waals surface area contributed by atoms with Gasteiger partial charge in [0.05, 0.1) is 15.8 Å². The van der Waals surface area contributed by atoms with Crippen LogP contribution in [-0.4, -0.2) is 55.1 Å². The van der Waals surface area contributed by atoms with Gasteiger partial charge in [-0.05, 0) is 53.3 Å². The van der Waals surface area contributed by atoms with Gasteiger partial charge in [0.15, 0.2) is 5.13 Å². The van der Waals surface area contributed by atoms with E-state index in [2.05, 4.69) is 62.8 Å². The van der Waals surface area contributed by atoms with Crippen LogP contribution in [0.3, 0.4) is 0 Å². The summed E-state index contributed by atoms with van der Waals surface area (Å²) in [5.74, 6) is 0.00785. The van der Waals surface area contributed by atoms with Gasteiger partial charge in [0.25, 0.3) is 5.91 Å². The van der Waals surface area contributed by atoms with Crippen molar-refractivity contribution in [2.45, 2.75) is 6.92 Å². The Hall–Kier alpha value is -1.71. The molecule has 7 heteroatoms. The van der Waals surface area contributed by atoms with Crippen molar-refractivity contribution in [3.63, 3.8) is 0 Å². The Morgan fingerprint density at radius 1 is 1.14 bits per heavy atom. The molecule has 1 aliphatic heterocycles. The van der Waals surface area contributed by atoms with Crippen LogP contribution in [0.4, 0.5) is 5.13 Å². The third-order valence-corrected chi connectivity index (χ3v) is 7.11. The van der Waals surface area contributed by atoms with Gasteiger partial charge in [-0.1, -0.05) is 35.6 Å². The molecule has 0 unspecified atom stereocenters. The first-order valence-corrected chi connectivity index (χ1v) is 11.4. The quantitative estimate of drug-likeness (QED) is 0.536. The average Bonchev–Trinajstić information content (AvgIpc) is 3.14. The first-order valence-electron chi connectivity index (χ1n) is 9.48. The highest BCUT2D eigenvalue weighted by atomic mass is 127. The summed E-state index contributed by atoms with van der Waals surface area (Å²) in [6.45, 7) is 7.61. The van der Waals surface area contributed by atoms with Crippen molar-refractivity contribution in [3.8, 4) is 0 Å². The van der Waals surface area contributed by atoms with Gasteiger partial charge in [-0.3, -0.25) is 9.69 Å². The van der Waals surface area contributed by atoms with E-state index >= 15 is 0 Å². The number of anilines is 1. The number of nitrogens with one attached hydrogen (secondary N) is 1. The average molecular weight is 506 g/mol. The first kappa shape index (κ1) is 19.6. The molecule has 1 fully saturated rings. The number of piperazine rings is 1. The molecule has 0 aliphatic carbocycles. The lowest BCUT2D eigenvalue weighted by atomic mass is 10.2. The van der Waals surface area contributed by atoms with Crippen molar-refractivity contribution in [3.05, 3.63) is 57.2 Å². The van der Waals surface area contributed by atoms with E-state index in [9.17, 15) is 4.79 Å². The molecular weight excluding hydrogens is 483 g/mol. The largest absolute Gasteiger partial charge is 0.351 e. The molecule has 1 aromatic heterocycles. The number of thiazole rings is 1. The van der Waals surface area contributed by atoms with E-state index < -0.39 is 0 Å². The number of fused-ring (bicyclic) bond motifs is 1. The zero-order chi connectivity index (χ0) is 19.5. The molecule has 2 heterocycles. The van der Waals surface area contributed by atoms with E-state index in [1.807, 2.05) is 24.3 Å². The Bertz CT molecular complexity index is 981. The summed E-state index contributed by atoms with van der Waals surface area (Å²) >= 11 is 3.98. The molecular formula is C21H23IN4OS. The number of benzene rings is 2. The molecule has 0 saturated carbocycles. The van der Waals surface area contributed by atoms with Gasteiger partial charge in [-0.25, -0.2) is 4.98 Å². The summed E-state index contributed by atoms with van der Waals surface area (Å²) in [6.07, 6.45) is 0. The second kappa shape index (κ2) is 8.75. The van der Waals surface area contributed by atoms with Crippen molar-refractivity contribution >= 4 is 55.2 Å². The molecule has 1 N–H and O–H groups in total. The molecule has 146 valence electrons. The van der Waals surface area contributed by atoms with E-state index in [0.29, 0.717) is 6.54 Å². The van der Waals surface area contributed by atoms with E-state index in [-0.39, 0.29) is 5.91 Å². The first-order chi connectivity index (χ1) is 13.6. The lowest BCUT2D eigenvalue weighted by Crippen LogP contribution is -2.48. The Balaban J connectivity index is 1.27. The minimum absolute atomic E-state index is 0.00785. The van der Waals surface area contributed by atoms with E-state index in [0.717, 1.165) is 52.5 Å². The van der Waals surface area contributed by atoms with Crippen molar-refractivity contribution in [2.75, 3.05) is 44.2 Å². The maximum atomic E-state index is 12.3. The summed E-state index contributed by atoms with van der Waals surface area (Å²) in [5, 5.41) is 4.17. The maximum absolute atomic E-state index is 12.3. The van der Waals surface area contributed by atoms with Crippen LogP contribution in [0.2, 0.25) is 0 Å². The minimum atomic E-state index is 0.00785. The fourth-order valence-corrected chi connectivity index (χ4v) is 5.17. The predicted octanol–water partition coefficient (Wildman–Crippen LogP) is 3.76. The molecule has 2 aromatic carbocycles. The summed E-state index contributed by atoms with van der Waals surface area (Å²) in [5.41, 5.74) is 3.12. The van der Waals surface area contributed by atoms with Crippen LogP contribution in [0.25, 0.3) is 10.2 Å². The molecule has 1 saturated heterocycles. The standard InChI is InChI=1S/C21H23IN4OS/c1-15-5-4-8-18-19(15)24-21(28-18)26-13-11-25(12-14-26)10-9-23-20(27)16-6-2-3-7-17(16)22/h2-8H,9-14H2,1H3,(H,23,27). The summed E-state index contributed by atoms with van der Waals surface area (Å²) < 4.78 is 2.24. The fraction of sp³-hybridized carbons (Fsp3) is 0.333. The van der Waals surface area contributed by atoms with Gasteiger partial charge in [0.1, 0.15) is 0 Å². The number of hydrogen-bond acceptors (Lipinski definition) is 5. The molecule has 3 aromatic rings. The second-order valence-electron chi connectivity index (χ2n) is 6.98. The smallest absolute Gasteiger partial charge is 0.252 e. The number of para-hydroxylation sites is 1. The number of rotatable bonds is 5. The molecule has 5 nitrogen and oxygen atoms in total. The number of carbonyl (C=O) groups is 1. The van der Waals surface area contributed by atoms with E-state index in [1.165, 1.54) is 10.3 Å². The lowest BCUT2D eigenvalue weighted by molar-refractivity contribution is 0.0947. The molecule has 28 heavy (non-hydrogen) atoms. The lowest BCUT2D eigenvalue weighted by Gasteiger charge is -2.34. The number of carbonyl (C=O) groups excluding carboxylic acids is 1. The van der Waals surface area contributed by atoms with Crippen LogP contribution in [0, 0.1) is 10.5 Å². The molecule has 0 atom stereocenters. The van der Waals surface area contributed by atoms with Crippen LogP contribution < -0.4 is 10.2 Å². The van der Waals surface area contributed by atoms with Crippen LogP contribution in [0.1, 0.15) is 15.9 Å². The molecule has 1 aliphatic rings. The zero-order valence-corrected chi connectivity index (χ0v) is 18.8. The topological polar surface area (TPSA) is 48.5 Å². The Morgan fingerprint density at radius 3 is 2.68 bits per heavy atom. The Kier molecular flexibility index (Phi) is 6.13. The monoisotopic (exact) mass is 506 g/mol. The minimum Gasteiger partial charge on any atom is -0.351 e. The van der Waals surface area contributed by atoms with Crippen molar-refractivity contribution in [1.29, 1.82) is 0 Å². The SMILES string of the molecule is Cc1cccc2sc(N3CCN(CCNC(=O)c4ccccc4I)CC3)nc12. The number of amides is 1. The number of hydrogen-bond donors (Lipinski definition) is 1. The summed E-state index contributed by atoms with van der Waals surface area (Å²) in [6, 6.07) is 14.0. The van der Waals surface area contributed by atoms with Crippen molar-refractivity contribution in [2.24, 2.45) is 0 Å². The van der Waals surface area contributed by atoms with Gasteiger partial charge in [-0.2, -0.15) is 0 Å². The number of halogens is 1. The highest BCUT2D eigenvalue weighted by molar-refractivity contribution is 14.1. The molecule has 1 amide bonds. The maximum Gasteiger partial charge on any atom is 0.252 e. The highest BCUT2D eigenvalue weighted by Gasteiger charge is 2.20. The van der Waals surface area contributed by atoms with E-state index in [1.54, 1.807) is 11.3 Å². The van der Waals surface area contributed by atoms with Gasteiger partial charge < -0.3 is 10.2 Å². The highest BCUT2D eigenvalue weighted by Crippen LogP contribution is 2.30. The van der Waals surface area contributed by atoms with Crippen molar-refractivity contribution in [1.82, 2.24) is 15.2 Å². The molecule has 4 rings (SSSR count).